The minimum atomic E-state index is -0.0966. The molecule has 0 bridgehead atoms. The molecule has 4 nitrogen and oxygen atoms in total. The minimum Gasteiger partial charge on any atom is -0.350 e. The van der Waals surface area contributed by atoms with Crippen LogP contribution >= 0.6 is 11.8 Å². The zero-order valence-corrected chi connectivity index (χ0v) is 16.2. The van der Waals surface area contributed by atoms with Crippen molar-refractivity contribution in [1.82, 2.24) is 5.32 Å². The molecule has 0 spiro atoms. The Labute approximate surface area is 159 Å². The molecule has 1 atom stereocenters. The molecule has 0 aromatic heterocycles. The molecular weight excluding hydrogens is 344 g/mol. The summed E-state index contributed by atoms with van der Waals surface area (Å²) in [6, 6.07) is 13.9. The Hall–Kier alpha value is -2.27. The molecule has 26 heavy (non-hydrogen) atoms. The maximum atomic E-state index is 12.6. The summed E-state index contributed by atoms with van der Waals surface area (Å²) in [4.78, 5) is 27.9. The lowest BCUT2D eigenvalue weighted by molar-refractivity contribution is -0.116. The van der Waals surface area contributed by atoms with Crippen molar-refractivity contribution in [3.05, 3.63) is 59.2 Å². The third kappa shape index (κ3) is 4.10. The highest BCUT2D eigenvalue weighted by atomic mass is 32.2. The van der Waals surface area contributed by atoms with E-state index in [9.17, 15) is 9.59 Å². The van der Waals surface area contributed by atoms with Crippen molar-refractivity contribution >= 4 is 29.3 Å². The summed E-state index contributed by atoms with van der Waals surface area (Å²) < 4.78 is 0. The van der Waals surface area contributed by atoms with Crippen LogP contribution in [0.4, 0.5) is 5.69 Å². The molecule has 136 valence electrons. The average Bonchev–Trinajstić information content (AvgIpc) is 2.63. The molecule has 0 saturated heterocycles. The molecule has 2 aromatic rings. The molecule has 0 aliphatic carbocycles. The predicted molar refractivity (Wildman–Crippen MR) is 107 cm³/mol. The Morgan fingerprint density at radius 1 is 1.27 bits per heavy atom. The Morgan fingerprint density at radius 2 is 2.08 bits per heavy atom. The number of nitrogens with one attached hydrogen (secondary N) is 1. The number of amides is 2. The first-order chi connectivity index (χ1) is 12.5. The van der Waals surface area contributed by atoms with Gasteiger partial charge < -0.3 is 10.2 Å². The first-order valence-corrected chi connectivity index (χ1v) is 9.90. The molecule has 0 radical (unpaired) electrons. The highest BCUT2D eigenvalue weighted by molar-refractivity contribution is 8.00. The number of aryl methyl sites for hydroxylation is 1. The molecule has 0 fully saturated rings. The number of hydrogen-bond donors (Lipinski definition) is 1. The van der Waals surface area contributed by atoms with Crippen molar-refractivity contribution in [3.63, 3.8) is 0 Å². The Morgan fingerprint density at radius 3 is 2.81 bits per heavy atom. The number of benzene rings is 2. The van der Waals surface area contributed by atoms with E-state index in [4.69, 9.17) is 0 Å². The van der Waals surface area contributed by atoms with Gasteiger partial charge in [0, 0.05) is 16.5 Å². The quantitative estimate of drug-likeness (QED) is 0.862. The molecule has 5 heteroatoms. The van der Waals surface area contributed by atoms with Crippen molar-refractivity contribution in [1.29, 1.82) is 0 Å². The van der Waals surface area contributed by atoms with Gasteiger partial charge in [-0.15, -0.1) is 11.8 Å². The van der Waals surface area contributed by atoms with E-state index in [1.54, 1.807) is 4.90 Å². The average molecular weight is 369 g/mol. The van der Waals surface area contributed by atoms with Crippen LogP contribution in [0.3, 0.4) is 0 Å². The third-order valence-corrected chi connectivity index (χ3v) is 5.62. The maximum absolute atomic E-state index is 12.6. The molecule has 1 N–H and O–H groups in total. The van der Waals surface area contributed by atoms with Gasteiger partial charge in [0.2, 0.25) is 5.91 Å². The molecule has 0 saturated carbocycles. The molecular formula is C21H24N2O2S. The summed E-state index contributed by atoms with van der Waals surface area (Å²) in [5.41, 5.74) is 3.67. The fraction of sp³-hybridized carbons (Fsp3) is 0.333. The van der Waals surface area contributed by atoms with E-state index in [2.05, 4.69) is 11.4 Å². The topological polar surface area (TPSA) is 49.4 Å². The summed E-state index contributed by atoms with van der Waals surface area (Å²) in [6.07, 6.45) is 0.879. The Bertz CT molecular complexity index is 835. The van der Waals surface area contributed by atoms with Gasteiger partial charge in [-0.25, -0.2) is 0 Å². The number of hydrogen-bond acceptors (Lipinski definition) is 3. The van der Waals surface area contributed by atoms with Crippen molar-refractivity contribution < 1.29 is 9.59 Å². The van der Waals surface area contributed by atoms with Gasteiger partial charge in [0.1, 0.15) is 0 Å². The van der Waals surface area contributed by atoms with Gasteiger partial charge in [-0.1, -0.05) is 36.8 Å². The molecule has 2 amide bonds. The number of thioether (sulfide) groups is 1. The summed E-state index contributed by atoms with van der Waals surface area (Å²) in [7, 11) is 0. The second-order valence-corrected chi connectivity index (χ2v) is 7.74. The number of nitrogens with zero attached hydrogens (tertiary/aromatic N) is 1. The molecule has 3 rings (SSSR count). The van der Waals surface area contributed by atoms with Gasteiger partial charge in [0.15, 0.2) is 0 Å². The lowest BCUT2D eigenvalue weighted by Gasteiger charge is -2.29. The lowest BCUT2D eigenvalue weighted by atomic mass is 10.1. The summed E-state index contributed by atoms with van der Waals surface area (Å²) in [6.45, 7) is 6.59. The van der Waals surface area contributed by atoms with Gasteiger partial charge >= 0.3 is 0 Å². The van der Waals surface area contributed by atoms with Crippen LogP contribution in [-0.2, 0) is 11.3 Å². The van der Waals surface area contributed by atoms with Crippen LogP contribution in [0.1, 0.15) is 41.8 Å². The van der Waals surface area contributed by atoms with Crippen LogP contribution in [0, 0.1) is 6.92 Å². The Balaban J connectivity index is 1.90. The van der Waals surface area contributed by atoms with Crippen LogP contribution in [0.25, 0.3) is 0 Å². The van der Waals surface area contributed by atoms with E-state index in [-0.39, 0.29) is 17.9 Å². The zero-order valence-electron chi connectivity index (χ0n) is 15.4. The summed E-state index contributed by atoms with van der Waals surface area (Å²) >= 11 is 1.53. The predicted octanol–water partition coefficient (Wildman–Crippen LogP) is 4.16. The summed E-state index contributed by atoms with van der Waals surface area (Å²) in [5, 5.41) is 2.99. The smallest absolute Gasteiger partial charge is 0.251 e. The van der Waals surface area contributed by atoms with E-state index in [1.165, 1.54) is 17.3 Å². The van der Waals surface area contributed by atoms with E-state index in [0.29, 0.717) is 17.9 Å². The monoisotopic (exact) mass is 368 g/mol. The first kappa shape index (κ1) is 18.5. The second kappa shape index (κ2) is 7.96. The maximum Gasteiger partial charge on any atom is 0.251 e. The van der Waals surface area contributed by atoms with Crippen LogP contribution in [0.15, 0.2) is 47.4 Å². The SMILES string of the molecule is CC[C@H](C)NC(=O)c1ccc2c(c1)N(Cc1cccc(C)c1)C(=O)CS2. The van der Waals surface area contributed by atoms with Crippen molar-refractivity contribution in [2.75, 3.05) is 10.7 Å². The summed E-state index contributed by atoms with van der Waals surface area (Å²) in [5.74, 6) is 0.404. The van der Waals surface area contributed by atoms with Gasteiger partial charge in [0.05, 0.1) is 18.0 Å². The van der Waals surface area contributed by atoms with Crippen LogP contribution in [0.5, 0.6) is 0 Å². The molecule has 1 heterocycles. The zero-order chi connectivity index (χ0) is 18.7. The highest BCUT2D eigenvalue weighted by Gasteiger charge is 2.26. The van der Waals surface area contributed by atoms with Crippen LogP contribution < -0.4 is 10.2 Å². The molecule has 1 aliphatic heterocycles. The number of carbonyl (C=O) groups is 2. The molecule has 2 aromatic carbocycles. The van der Waals surface area contributed by atoms with E-state index in [1.807, 2.05) is 57.2 Å². The number of rotatable bonds is 5. The van der Waals surface area contributed by atoms with Crippen molar-refractivity contribution in [3.8, 4) is 0 Å². The van der Waals surface area contributed by atoms with E-state index in [0.717, 1.165) is 22.6 Å². The van der Waals surface area contributed by atoms with E-state index < -0.39 is 0 Å². The number of fused-ring (bicyclic) bond motifs is 1. The normalized spacial score (nSPS) is 14.7. The van der Waals surface area contributed by atoms with Gasteiger partial charge in [-0.3, -0.25) is 9.59 Å². The van der Waals surface area contributed by atoms with Crippen LogP contribution in [-0.4, -0.2) is 23.6 Å². The van der Waals surface area contributed by atoms with Crippen molar-refractivity contribution in [2.24, 2.45) is 0 Å². The highest BCUT2D eigenvalue weighted by Crippen LogP contribution is 2.37. The van der Waals surface area contributed by atoms with Gasteiger partial charge in [0.25, 0.3) is 5.91 Å². The van der Waals surface area contributed by atoms with Gasteiger partial charge in [-0.05, 0) is 44.0 Å². The van der Waals surface area contributed by atoms with Crippen LogP contribution in [0.2, 0.25) is 0 Å². The van der Waals surface area contributed by atoms with E-state index >= 15 is 0 Å². The standard InChI is InChI=1S/C21H24N2O2S/c1-4-15(3)22-21(25)17-8-9-19-18(11-17)23(20(24)13-26-19)12-16-7-5-6-14(2)10-16/h5-11,15H,4,12-13H2,1-3H3,(H,22,25)/t15-/m0/s1. The number of anilines is 1. The molecule has 1 aliphatic rings. The van der Waals surface area contributed by atoms with Gasteiger partial charge in [-0.2, -0.15) is 0 Å². The lowest BCUT2D eigenvalue weighted by Crippen LogP contribution is -2.36. The van der Waals surface area contributed by atoms with Crippen molar-refractivity contribution in [2.45, 2.75) is 44.7 Å². The minimum absolute atomic E-state index is 0.0727. The first-order valence-electron chi connectivity index (χ1n) is 8.91. The Kier molecular flexibility index (Phi) is 5.67. The second-order valence-electron chi connectivity index (χ2n) is 6.72. The molecule has 0 unspecified atom stereocenters. The fourth-order valence-electron chi connectivity index (χ4n) is 2.92. The number of carbonyl (C=O) groups excluding carboxylic acids is 2. The third-order valence-electron chi connectivity index (χ3n) is 4.58. The fourth-order valence-corrected chi connectivity index (χ4v) is 3.84. The largest absolute Gasteiger partial charge is 0.350 e.